The summed E-state index contributed by atoms with van der Waals surface area (Å²) in [5.41, 5.74) is 0.905. The Balaban J connectivity index is 1.62. The Kier molecular flexibility index (Phi) is 4.07. The number of rotatable bonds is 5. The molecule has 1 atom stereocenters. The molecule has 1 aromatic carbocycles. The van der Waals surface area contributed by atoms with Crippen molar-refractivity contribution in [3.8, 4) is 0 Å². The first-order chi connectivity index (χ1) is 10.2. The van der Waals surface area contributed by atoms with E-state index >= 15 is 0 Å². The first-order valence-corrected chi connectivity index (χ1v) is 8.84. The molecule has 0 fully saturated rings. The minimum Gasteiger partial charge on any atom is -0.310 e. The van der Waals surface area contributed by atoms with E-state index in [1.165, 1.54) is 0 Å². The van der Waals surface area contributed by atoms with Crippen molar-refractivity contribution in [3.63, 3.8) is 0 Å². The van der Waals surface area contributed by atoms with Gasteiger partial charge in [-0.3, -0.25) is 4.68 Å². The number of fused-ring (bicyclic) bond motifs is 1. The summed E-state index contributed by atoms with van der Waals surface area (Å²) in [6.45, 7) is 1.71. The Labute approximate surface area is 124 Å². The van der Waals surface area contributed by atoms with Crippen LogP contribution in [0.15, 0.2) is 47.6 Å². The van der Waals surface area contributed by atoms with Crippen LogP contribution in [-0.2, 0) is 16.4 Å². The topological polar surface area (TPSA) is 64.0 Å². The summed E-state index contributed by atoms with van der Waals surface area (Å²) in [4.78, 5) is 0.487. The average Bonchev–Trinajstić information content (AvgIpc) is 2.99. The van der Waals surface area contributed by atoms with Gasteiger partial charge in [-0.15, -0.1) is 0 Å². The normalized spacial score (nSPS) is 20.1. The van der Waals surface area contributed by atoms with Gasteiger partial charge in [-0.2, -0.15) is 5.10 Å². The monoisotopic (exact) mass is 305 g/mol. The molecule has 1 aromatic heterocycles. The molecule has 1 unspecified atom stereocenters. The lowest BCUT2D eigenvalue weighted by Crippen LogP contribution is -2.30. The zero-order valence-electron chi connectivity index (χ0n) is 11.8. The van der Waals surface area contributed by atoms with Crippen molar-refractivity contribution in [1.82, 2.24) is 15.1 Å². The van der Waals surface area contributed by atoms with E-state index in [4.69, 9.17) is 0 Å². The van der Waals surface area contributed by atoms with Crippen LogP contribution in [0.25, 0.3) is 0 Å². The van der Waals surface area contributed by atoms with Crippen LogP contribution in [0.5, 0.6) is 0 Å². The highest BCUT2D eigenvalue weighted by molar-refractivity contribution is 7.91. The van der Waals surface area contributed by atoms with E-state index in [-0.39, 0.29) is 11.8 Å². The summed E-state index contributed by atoms with van der Waals surface area (Å²) < 4.78 is 26.0. The fraction of sp³-hybridized carbons (Fsp3) is 0.400. The molecular weight excluding hydrogens is 286 g/mol. The Morgan fingerprint density at radius 3 is 2.95 bits per heavy atom. The molecular formula is C15H19N3O2S. The van der Waals surface area contributed by atoms with Crippen molar-refractivity contribution < 1.29 is 8.42 Å². The van der Waals surface area contributed by atoms with Crippen molar-refractivity contribution in [2.24, 2.45) is 0 Å². The number of hydrogen-bond acceptors (Lipinski definition) is 4. The quantitative estimate of drug-likeness (QED) is 0.855. The van der Waals surface area contributed by atoms with Gasteiger partial charge in [0.2, 0.25) is 0 Å². The molecule has 5 nitrogen and oxygen atoms in total. The number of benzene rings is 1. The smallest absolute Gasteiger partial charge is 0.178 e. The molecule has 0 spiro atoms. The molecule has 2 aromatic rings. The maximum absolute atomic E-state index is 12.1. The van der Waals surface area contributed by atoms with Crippen LogP contribution in [0.3, 0.4) is 0 Å². The highest BCUT2D eigenvalue weighted by atomic mass is 32.2. The van der Waals surface area contributed by atoms with Gasteiger partial charge in [-0.25, -0.2) is 8.42 Å². The van der Waals surface area contributed by atoms with Crippen LogP contribution in [0.1, 0.15) is 24.4 Å². The van der Waals surface area contributed by atoms with Crippen LogP contribution >= 0.6 is 0 Å². The SMILES string of the molecule is O=S1(=O)CCC(NCCCn2cccn2)c2ccccc21. The van der Waals surface area contributed by atoms with Crippen LogP contribution in [0.4, 0.5) is 0 Å². The molecule has 6 heteroatoms. The molecule has 112 valence electrons. The van der Waals surface area contributed by atoms with E-state index in [1.807, 2.05) is 29.1 Å². The van der Waals surface area contributed by atoms with Crippen LogP contribution in [-0.4, -0.2) is 30.5 Å². The second-order valence-electron chi connectivity index (χ2n) is 5.27. The summed E-state index contributed by atoms with van der Waals surface area (Å²) in [5, 5.41) is 7.64. The van der Waals surface area contributed by atoms with E-state index in [0.717, 1.165) is 25.1 Å². The van der Waals surface area contributed by atoms with Gasteiger partial charge in [0.1, 0.15) is 0 Å². The second-order valence-corrected chi connectivity index (χ2v) is 7.35. The zero-order chi connectivity index (χ0) is 14.7. The number of nitrogens with one attached hydrogen (secondary N) is 1. The minimum absolute atomic E-state index is 0.127. The standard InChI is InChI=1S/C15H19N3O2S/c19-21(20)12-7-14(13-5-1-2-6-15(13)21)16-8-3-10-18-11-4-9-17-18/h1-2,4-6,9,11,14,16H,3,7-8,10,12H2. The van der Waals surface area contributed by atoms with Gasteiger partial charge >= 0.3 is 0 Å². The van der Waals surface area contributed by atoms with Crippen LogP contribution in [0, 0.1) is 0 Å². The van der Waals surface area contributed by atoms with E-state index in [2.05, 4.69) is 10.4 Å². The van der Waals surface area contributed by atoms with Crippen molar-refractivity contribution in [2.75, 3.05) is 12.3 Å². The fourth-order valence-electron chi connectivity index (χ4n) is 2.75. The average molecular weight is 305 g/mol. The van der Waals surface area contributed by atoms with Gasteiger partial charge in [0.05, 0.1) is 10.6 Å². The molecule has 0 aliphatic carbocycles. The lowest BCUT2D eigenvalue weighted by atomic mass is 10.0. The third kappa shape index (κ3) is 3.16. The van der Waals surface area contributed by atoms with Crippen LogP contribution < -0.4 is 5.32 Å². The van der Waals surface area contributed by atoms with E-state index in [0.29, 0.717) is 11.3 Å². The van der Waals surface area contributed by atoms with Crippen molar-refractivity contribution in [2.45, 2.75) is 30.3 Å². The molecule has 0 saturated heterocycles. The van der Waals surface area contributed by atoms with E-state index < -0.39 is 9.84 Å². The summed E-state index contributed by atoms with van der Waals surface area (Å²) in [5.74, 6) is 0.223. The first kappa shape index (κ1) is 14.3. The third-order valence-electron chi connectivity index (χ3n) is 3.82. The van der Waals surface area contributed by atoms with Gasteiger partial charge in [0, 0.05) is 25.0 Å². The molecule has 0 amide bonds. The van der Waals surface area contributed by atoms with Crippen molar-refractivity contribution in [3.05, 3.63) is 48.3 Å². The molecule has 1 aliphatic heterocycles. The van der Waals surface area contributed by atoms with Gasteiger partial charge < -0.3 is 5.32 Å². The minimum atomic E-state index is -3.10. The van der Waals surface area contributed by atoms with Gasteiger partial charge in [-0.1, -0.05) is 18.2 Å². The van der Waals surface area contributed by atoms with Crippen molar-refractivity contribution >= 4 is 9.84 Å². The van der Waals surface area contributed by atoms with Crippen LogP contribution in [0.2, 0.25) is 0 Å². The zero-order valence-corrected chi connectivity index (χ0v) is 12.6. The molecule has 1 N–H and O–H groups in total. The molecule has 0 radical (unpaired) electrons. The van der Waals surface area contributed by atoms with Gasteiger partial charge in [0.25, 0.3) is 0 Å². The number of nitrogens with zero attached hydrogens (tertiary/aromatic N) is 2. The summed E-state index contributed by atoms with van der Waals surface area (Å²) >= 11 is 0. The maximum Gasteiger partial charge on any atom is 0.178 e. The van der Waals surface area contributed by atoms with E-state index in [1.54, 1.807) is 18.3 Å². The predicted molar refractivity (Wildman–Crippen MR) is 80.7 cm³/mol. The Morgan fingerprint density at radius 1 is 1.29 bits per heavy atom. The van der Waals surface area contributed by atoms with Gasteiger partial charge in [0.15, 0.2) is 9.84 Å². The predicted octanol–water partition coefficient (Wildman–Crippen LogP) is 1.78. The molecule has 0 bridgehead atoms. The molecule has 0 saturated carbocycles. The Hall–Kier alpha value is -1.66. The fourth-order valence-corrected chi connectivity index (χ4v) is 4.37. The number of hydrogen-bond donors (Lipinski definition) is 1. The molecule has 1 aliphatic rings. The maximum atomic E-state index is 12.1. The second kappa shape index (κ2) is 5.99. The number of aryl methyl sites for hydroxylation is 1. The lowest BCUT2D eigenvalue weighted by molar-refractivity contribution is 0.465. The summed E-state index contributed by atoms with van der Waals surface area (Å²) in [6.07, 6.45) is 5.33. The summed E-state index contributed by atoms with van der Waals surface area (Å²) in [6, 6.07) is 9.35. The molecule has 21 heavy (non-hydrogen) atoms. The Bertz CT molecular complexity index is 695. The summed E-state index contributed by atoms with van der Waals surface area (Å²) in [7, 11) is -3.10. The third-order valence-corrected chi connectivity index (χ3v) is 5.63. The Morgan fingerprint density at radius 2 is 2.14 bits per heavy atom. The van der Waals surface area contributed by atoms with E-state index in [9.17, 15) is 8.42 Å². The molecule has 3 rings (SSSR count). The highest BCUT2D eigenvalue weighted by Gasteiger charge is 2.29. The number of sulfone groups is 1. The van der Waals surface area contributed by atoms with Crippen molar-refractivity contribution in [1.29, 1.82) is 0 Å². The van der Waals surface area contributed by atoms with Gasteiger partial charge in [-0.05, 0) is 37.1 Å². The largest absolute Gasteiger partial charge is 0.310 e. The first-order valence-electron chi connectivity index (χ1n) is 7.19. The highest BCUT2D eigenvalue weighted by Crippen LogP contribution is 2.31. The number of aromatic nitrogens is 2. The molecule has 2 heterocycles. The lowest BCUT2D eigenvalue weighted by Gasteiger charge is -2.26.